The van der Waals surface area contributed by atoms with Gasteiger partial charge in [0.1, 0.15) is 0 Å². The Balaban J connectivity index is 2.90. The third-order valence-corrected chi connectivity index (χ3v) is 3.29. The van der Waals surface area contributed by atoms with Crippen LogP contribution in [0, 0.1) is 0 Å². The van der Waals surface area contributed by atoms with Gasteiger partial charge in [0.15, 0.2) is 0 Å². The van der Waals surface area contributed by atoms with Gasteiger partial charge in [0.2, 0.25) is 0 Å². The van der Waals surface area contributed by atoms with Gasteiger partial charge in [-0.2, -0.15) is 0 Å². The number of hydrogen-bond donors (Lipinski definition) is 0. The maximum Gasteiger partial charge on any atom is 0.0478 e. The maximum atomic E-state index is 5.62. The van der Waals surface area contributed by atoms with Crippen LogP contribution in [0.1, 0.15) is 71.1 Å². The first kappa shape index (κ1) is 17.9. The molecule has 2 heteroatoms. The number of unbranched alkanes of at least 4 members (excludes halogenated alkanes) is 8. The van der Waals surface area contributed by atoms with Crippen molar-refractivity contribution in [1.82, 2.24) is 4.90 Å². The molecular formula is C16H35NO. The minimum Gasteiger partial charge on any atom is -0.381 e. The van der Waals surface area contributed by atoms with Crippen LogP contribution in [0.2, 0.25) is 0 Å². The molecule has 0 N–H and O–H groups in total. The van der Waals surface area contributed by atoms with Crippen molar-refractivity contribution in [2.45, 2.75) is 71.1 Å². The Bertz CT molecular complexity index is 148. The topological polar surface area (TPSA) is 12.5 Å². The fourth-order valence-corrected chi connectivity index (χ4v) is 2.10. The van der Waals surface area contributed by atoms with Crippen LogP contribution in [0.15, 0.2) is 0 Å². The van der Waals surface area contributed by atoms with Gasteiger partial charge in [-0.05, 0) is 33.5 Å². The Morgan fingerprint density at radius 1 is 0.667 bits per heavy atom. The van der Waals surface area contributed by atoms with Gasteiger partial charge in [-0.1, -0.05) is 58.3 Å². The van der Waals surface area contributed by atoms with Gasteiger partial charge in [0.25, 0.3) is 0 Å². The highest BCUT2D eigenvalue weighted by molar-refractivity contribution is 4.47. The Hall–Kier alpha value is -0.0800. The largest absolute Gasteiger partial charge is 0.381 e. The lowest BCUT2D eigenvalue weighted by molar-refractivity contribution is 0.122. The molecule has 0 bridgehead atoms. The van der Waals surface area contributed by atoms with Crippen molar-refractivity contribution in [2.75, 3.05) is 33.9 Å². The van der Waals surface area contributed by atoms with Crippen LogP contribution in [-0.2, 0) is 4.74 Å². The molecule has 0 saturated heterocycles. The summed E-state index contributed by atoms with van der Waals surface area (Å²) in [7, 11) is 4.22. The summed E-state index contributed by atoms with van der Waals surface area (Å²) in [4.78, 5) is 2.21. The van der Waals surface area contributed by atoms with Crippen LogP contribution >= 0.6 is 0 Å². The molecule has 18 heavy (non-hydrogen) atoms. The van der Waals surface area contributed by atoms with E-state index in [1.807, 2.05) is 0 Å². The fraction of sp³-hybridized carbons (Fsp3) is 1.00. The highest BCUT2D eigenvalue weighted by Gasteiger charge is 1.94. The minimum absolute atomic E-state index is 0.926. The zero-order chi connectivity index (χ0) is 13.5. The quantitative estimate of drug-likeness (QED) is 0.425. The van der Waals surface area contributed by atoms with Crippen LogP contribution < -0.4 is 0 Å². The average Bonchev–Trinajstić information content (AvgIpc) is 2.34. The predicted octanol–water partition coefficient (Wildman–Crippen LogP) is 4.49. The lowest BCUT2D eigenvalue weighted by atomic mass is 10.1. The zero-order valence-electron chi connectivity index (χ0n) is 13.0. The van der Waals surface area contributed by atoms with Crippen molar-refractivity contribution in [3.05, 3.63) is 0 Å². The van der Waals surface area contributed by atoms with Crippen LogP contribution in [0.4, 0.5) is 0 Å². The lowest BCUT2D eigenvalue weighted by Crippen LogP contribution is -2.14. The molecule has 0 aliphatic carbocycles. The van der Waals surface area contributed by atoms with Crippen LogP contribution in [-0.4, -0.2) is 38.8 Å². The van der Waals surface area contributed by atoms with Crippen molar-refractivity contribution < 1.29 is 4.74 Å². The number of rotatable bonds is 14. The molecule has 0 aromatic carbocycles. The molecule has 0 spiro atoms. The molecule has 2 nitrogen and oxygen atoms in total. The molecular weight excluding hydrogens is 222 g/mol. The van der Waals surface area contributed by atoms with E-state index in [-0.39, 0.29) is 0 Å². The van der Waals surface area contributed by atoms with Crippen molar-refractivity contribution in [3.63, 3.8) is 0 Å². The summed E-state index contributed by atoms with van der Waals surface area (Å²) in [5, 5.41) is 0. The van der Waals surface area contributed by atoms with E-state index < -0.39 is 0 Å². The predicted molar refractivity (Wildman–Crippen MR) is 81.2 cm³/mol. The summed E-state index contributed by atoms with van der Waals surface area (Å²) in [6, 6.07) is 0. The summed E-state index contributed by atoms with van der Waals surface area (Å²) in [5.41, 5.74) is 0. The van der Waals surface area contributed by atoms with E-state index in [1.54, 1.807) is 0 Å². The van der Waals surface area contributed by atoms with E-state index in [9.17, 15) is 0 Å². The molecule has 0 rings (SSSR count). The van der Waals surface area contributed by atoms with Crippen LogP contribution in [0.5, 0.6) is 0 Å². The van der Waals surface area contributed by atoms with E-state index in [0.717, 1.165) is 26.2 Å². The SMILES string of the molecule is CCCCCCCCCCCOCCCN(C)C. The van der Waals surface area contributed by atoms with E-state index in [1.165, 1.54) is 57.8 Å². The highest BCUT2D eigenvalue weighted by atomic mass is 16.5. The second-order valence-electron chi connectivity index (χ2n) is 5.60. The average molecular weight is 257 g/mol. The number of hydrogen-bond acceptors (Lipinski definition) is 2. The van der Waals surface area contributed by atoms with Crippen molar-refractivity contribution in [3.8, 4) is 0 Å². The lowest BCUT2D eigenvalue weighted by Gasteiger charge is -2.09. The van der Waals surface area contributed by atoms with Gasteiger partial charge in [0, 0.05) is 13.2 Å². The first-order chi connectivity index (χ1) is 8.77. The van der Waals surface area contributed by atoms with Gasteiger partial charge in [-0.3, -0.25) is 0 Å². The molecule has 0 radical (unpaired) electrons. The Labute approximate surface area is 115 Å². The third kappa shape index (κ3) is 15.9. The fourth-order valence-electron chi connectivity index (χ4n) is 2.10. The molecule has 0 aromatic rings. The first-order valence-corrected chi connectivity index (χ1v) is 8.00. The standard InChI is InChI=1S/C16H35NO/c1-4-5-6-7-8-9-10-11-12-15-18-16-13-14-17(2)3/h4-16H2,1-3H3. The van der Waals surface area contributed by atoms with Gasteiger partial charge < -0.3 is 9.64 Å². The smallest absolute Gasteiger partial charge is 0.0478 e. The molecule has 110 valence electrons. The molecule has 0 aromatic heterocycles. The zero-order valence-corrected chi connectivity index (χ0v) is 13.0. The van der Waals surface area contributed by atoms with Crippen molar-refractivity contribution in [2.24, 2.45) is 0 Å². The molecule has 0 aliphatic heterocycles. The highest BCUT2D eigenvalue weighted by Crippen LogP contribution is 2.09. The van der Waals surface area contributed by atoms with Crippen LogP contribution in [0.25, 0.3) is 0 Å². The van der Waals surface area contributed by atoms with E-state index in [4.69, 9.17) is 4.74 Å². The summed E-state index contributed by atoms with van der Waals surface area (Å²) < 4.78 is 5.62. The van der Waals surface area contributed by atoms with E-state index in [2.05, 4.69) is 25.9 Å². The Kier molecular flexibility index (Phi) is 14.9. The molecule has 0 fully saturated rings. The molecule has 0 saturated carbocycles. The van der Waals surface area contributed by atoms with Gasteiger partial charge >= 0.3 is 0 Å². The molecule has 0 atom stereocenters. The van der Waals surface area contributed by atoms with Crippen LogP contribution in [0.3, 0.4) is 0 Å². The van der Waals surface area contributed by atoms with E-state index in [0.29, 0.717) is 0 Å². The molecule has 0 unspecified atom stereocenters. The summed E-state index contributed by atoms with van der Waals surface area (Å²) in [6.45, 7) is 5.30. The van der Waals surface area contributed by atoms with Gasteiger partial charge in [-0.15, -0.1) is 0 Å². The Morgan fingerprint density at radius 2 is 1.17 bits per heavy atom. The van der Waals surface area contributed by atoms with E-state index >= 15 is 0 Å². The van der Waals surface area contributed by atoms with Gasteiger partial charge in [0.05, 0.1) is 0 Å². The second-order valence-corrected chi connectivity index (χ2v) is 5.60. The summed E-state index contributed by atoms with van der Waals surface area (Å²) in [5.74, 6) is 0. The maximum absolute atomic E-state index is 5.62. The normalized spacial score (nSPS) is 11.3. The monoisotopic (exact) mass is 257 g/mol. The van der Waals surface area contributed by atoms with Gasteiger partial charge in [-0.25, -0.2) is 0 Å². The molecule has 0 amide bonds. The molecule has 0 aliphatic rings. The number of nitrogens with zero attached hydrogens (tertiary/aromatic N) is 1. The van der Waals surface area contributed by atoms with Crippen molar-refractivity contribution in [1.29, 1.82) is 0 Å². The second kappa shape index (κ2) is 15.0. The van der Waals surface area contributed by atoms with Crippen molar-refractivity contribution >= 4 is 0 Å². The summed E-state index contributed by atoms with van der Waals surface area (Å²) in [6.07, 6.45) is 13.6. The summed E-state index contributed by atoms with van der Waals surface area (Å²) >= 11 is 0. The number of ether oxygens (including phenoxy) is 1. The third-order valence-electron chi connectivity index (χ3n) is 3.29. The molecule has 0 heterocycles. The minimum atomic E-state index is 0.926. The Morgan fingerprint density at radius 3 is 1.72 bits per heavy atom. The first-order valence-electron chi connectivity index (χ1n) is 8.00.